The van der Waals surface area contributed by atoms with Crippen LogP contribution in [0.2, 0.25) is 0 Å². The maximum atomic E-state index is 12.9. The summed E-state index contributed by atoms with van der Waals surface area (Å²) < 4.78 is 16.9. The quantitative estimate of drug-likeness (QED) is 0.0343. The van der Waals surface area contributed by atoms with E-state index in [2.05, 4.69) is 20.8 Å². The van der Waals surface area contributed by atoms with Crippen molar-refractivity contribution in [2.45, 2.75) is 354 Å². The minimum absolute atomic E-state index is 0.0608. The lowest BCUT2D eigenvalue weighted by Crippen LogP contribution is -2.30. The number of ether oxygens (including phenoxy) is 3. The van der Waals surface area contributed by atoms with Crippen molar-refractivity contribution >= 4 is 17.9 Å². The lowest BCUT2D eigenvalue weighted by molar-refractivity contribution is -0.167. The van der Waals surface area contributed by atoms with Crippen LogP contribution in [0.3, 0.4) is 0 Å². The molecule has 0 aliphatic heterocycles. The van der Waals surface area contributed by atoms with Gasteiger partial charge in [-0.1, -0.05) is 310 Å². The Balaban J connectivity index is 4.27. The summed E-state index contributed by atoms with van der Waals surface area (Å²) in [4.78, 5) is 38.2. The Morgan fingerprint density at radius 3 is 0.606 bits per heavy atom. The minimum Gasteiger partial charge on any atom is -0.462 e. The van der Waals surface area contributed by atoms with Gasteiger partial charge in [-0.25, -0.2) is 0 Å². The highest BCUT2D eigenvalue weighted by Gasteiger charge is 2.19. The number of esters is 3. The van der Waals surface area contributed by atoms with Crippen LogP contribution in [0.1, 0.15) is 348 Å². The van der Waals surface area contributed by atoms with Crippen LogP contribution in [0, 0.1) is 0 Å². The van der Waals surface area contributed by atoms with Gasteiger partial charge in [0.1, 0.15) is 13.2 Å². The molecule has 0 spiro atoms. The highest BCUT2D eigenvalue weighted by molar-refractivity contribution is 5.71. The van der Waals surface area contributed by atoms with Crippen molar-refractivity contribution in [2.24, 2.45) is 0 Å². The molecule has 0 rings (SSSR count). The minimum atomic E-state index is -0.761. The first-order valence-electron chi connectivity index (χ1n) is 30.0. The molecule has 6 heteroatoms. The second kappa shape index (κ2) is 56.0. The van der Waals surface area contributed by atoms with E-state index < -0.39 is 6.10 Å². The van der Waals surface area contributed by atoms with Crippen LogP contribution in [-0.4, -0.2) is 37.2 Å². The molecular formula is C60H116O6. The van der Waals surface area contributed by atoms with Gasteiger partial charge in [-0.15, -0.1) is 0 Å². The summed E-state index contributed by atoms with van der Waals surface area (Å²) in [7, 11) is 0. The van der Waals surface area contributed by atoms with E-state index in [9.17, 15) is 14.4 Å². The van der Waals surface area contributed by atoms with Crippen molar-refractivity contribution in [3.8, 4) is 0 Å². The Labute approximate surface area is 412 Å². The fraction of sp³-hybridized carbons (Fsp3) is 0.950. The maximum absolute atomic E-state index is 12.9. The van der Waals surface area contributed by atoms with E-state index >= 15 is 0 Å². The molecular weight excluding hydrogens is 817 g/mol. The zero-order valence-electron chi connectivity index (χ0n) is 45.0. The van der Waals surface area contributed by atoms with Gasteiger partial charge < -0.3 is 14.2 Å². The molecule has 392 valence electrons. The topological polar surface area (TPSA) is 78.9 Å². The van der Waals surface area contributed by atoms with Gasteiger partial charge in [-0.05, 0) is 19.3 Å². The molecule has 6 nitrogen and oxygen atoms in total. The molecule has 0 aromatic rings. The Hall–Kier alpha value is -1.59. The molecule has 0 saturated carbocycles. The number of hydrogen-bond acceptors (Lipinski definition) is 6. The van der Waals surface area contributed by atoms with Gasteiger partial charge in [0.15, 0.2) is 6.10 Å². The molecule has 0 radical (unpaired) electrons. The van der Waals surface area contributed by atoms with Crippen LogP contribution in [0.15, 0.2) is 0 Å². The van der Waals surface area contributed by atoms with Crippen molar-refractivity contribution in [3.63, 3.8) is 0 Å². The van der Waals surface area contributed by atoms with E-state index in [1.54, 1.807) is 0 Å². The second-order valence-electron chi connectivity index (χ2n) is 20.6. The number of carbonyl (C=O) groups is 3. The van der Waals surface area contributed by atoms with Gasteiger partial charge in [-0.2, -0.15) is 0 Å². The molecule has 66 heavy (non-hydrogen) atoms. The molecule has 1 atom stereocenters. The van der Waals surface area contributed by atoms with Crippen molar-refractivity contribution in [3.05, 3.63) is 0 Å². The highest BCUT2D eigenvalue weighted by Crippen LogP contribution is 2.18. The Morgan fingerprint density at radius 2 is 0.409 bits per heavy atom. The van der Waals surface area contributed by atoms with Crippen LogP contribution in [0.5, 0.6) is 0 Å². The number of carbonyl (C=O) groups excluding carboxylic acids is 3. The molecule has 0 aliphatic carbocycles. The van der Waals surface area contributed by atoms with E-state index in [1.165, 1.54) is 250 Å². The molecule has 0 aliphatic rings. The van der Waals surface area contributed by atoms with Crippen LogP contribution >= 0.6 is 0 Å². The molecule has 0 aromatic carbocycles. The number of unbranched alkanes of at least 4 members (excludes halogenated alkanes) is 45. The molecule has 0 saturated heterocycles. The number of rotatable bonds is 56. The van der Waals surface area contributed by atoms with Gasteiger partial charge in [0.25, 0.3) is 0 Å². The third kappa shape index (κ3) is 53.4. The van der Waals surface area contributed by atoms with Crippen LogP contribution < -0.4 is 0 Å². The van der Waals surface area contributed by atoms with Gasteiger partial charge in [0.05, 0.1) is 0 Å². The maximum Gasteiger partial charge on any atom is 0.306 e. The number of hydrogen-bond donors (Lipinski definition) is 0. The van der Waals surface area contributed by atoms with E-state index in [0.717, 1.165) is 57.8 Å². The first kappa shape index (κ1) is 64.4. The van der Waals surface area contributed by atoms with E-state index in [4.69, 9.17) is 14.2 Å². The van der Waals surface area contributed by atoms with E-state index in [-0.39, 0.29) is 31.1 Å². The molecule has 1 unspecified atom stereocenters. The van der Waals surface area contributed by atoms with Crippen molar-refractivity contribution < 1.29 is 28.6 Å². The summed E-state index contributed by atoms with van der Waals surface area (Å²) in [5.41, 5.74) is 0. The first-order valence-corrected chi connectivity index (χ1v) is 30.0. The third-order valence-corrected chi connectivity index (χ3v) is 13.9. The smallest absolute Gasteiger partial charge is 0.306 e. The fourth-order valence-electron chi connectivity index (χ4n) is 9.33. The average molecular weight is 934 g/mol. The lowest BCUT2D eigenvalue weighted by Gasteiger charge is -2.18. The Bertz CT molecular complexity index is 982. The molecule has 0 bridgehead atoms. The largest absolute Gasteiger partial charge is 0.462 e. The second-order valence-corrected chi connectivity index (χ2v) is 20.6. The summed E-state index contributed by atoms with van der Waals surface area (Å²) in [5, 5.41) is 0. The normalized spacial score (nSPS) is 11.9. The summed E-state index contributed by atoms with van der Waals surface area (Å²) in [6, 6.07) is 0. The summed E-state index contributed by atoms with van der Waals surface area (Å²) in [6.07, 6.45) is 62.4. The molecule has 0 N–H and O–H groups in total. The van der Waals surface area contributed by atoms with Gasteiger partial charge in [-0.3, -0.25) is 14.4 Å². The zero-order valence-corrected chi connectivity index (χ0v) is 45.0. The first-order chi connectivity index (χ1) is 32.5. The van der Waals surface area contributed by atoms with Crippen molar-refractivity contribution in [2.75, 3.05) is 13.2 Å². The standard InChI is InChI=1S/C60H116O6/c1-4-7-10-13-16-19-22-25-27-29-31-32-35-38-41-44-47-50-53-59(62)65-56-57(55-64-58(61)52-49-46-43-40-37-34-24-21-18-15-12-9-6-3)66-60(63)54-51-48-45-42-39-36-33-30-28-26-23-20-17-14-11-8-5-2/h57H,4-56H2,1-3H3. The summed E-state index contributed by atoms with van der Waals surface area (Å²) >= 11 is 0. The lowest BCUT2D eigenvalue weighted by atomic mass is 10.0. The van der Waals surface area contributed by atoms with Gasteiger partial charge >= 0.3 is 17.9 Å². The molecule has 0 heterocycles. The zero-order chi connectivity index (χ0) is 47.9. The van der Waals surface area contributed by atoms with E-state index in [0.29, 0.717) is 19.3 Å². The van der Waals surface area contributed by atoms with Crippen molar-refractivity contribution in [1.29, 1.82) is 0 Å². The SMILES string of the molecule is CCCCCCCCCCCCCCCCCCCCC(=O)OCC(COC(=O)CCCCCCCCCCCCCCC)OC(=O)CCCCCCCCCCCCCCCCCCC. The predicted molar refractivity (Wildman–Crippen MR) is 284 cm³/mol. The third-order valence-electron chi connectivity index (χ3n) is 13.9. The fourth-order valence-corrected chi connectivity index (χ4v) is 9.33. The summed E-state index contributed by atoms with van der Waals surface area (Å²) in [6.45, 7) is 6.71. The summed E-state index contributed by atoms with van der Waals surface area (Å²) in [5.74, 6) is -0.829. The molecule has 0 amide bonds. The highest BCUT2D eigenvalue weighted by atomic mass is 16.6. The van der Waals surface area contributed by atoms with Crippen LogP contribution in [-0.2, 0) is 28.6 Å². The predicted octanol–water partition coefficient (Wildman–Crippen LogP) is 19.9. The van der Waals surface area contributed by atoms with Crippen LogP contribution in [0.25, 0.3) is 0 Å². The molecule has 0 fully saturated rings. The van der Waals surface area contributed by atoms with Gasteiger partial charge in [0, 0.05) is 19.3 Å². The van der Waals surface area contributed by atoms with E-state index in [1.807, 2.05) is 0 Å². The van der Waals surface area contributed by atoms with Crippen LogP contribution in [0.4, 0.5) is 0 Å². The Kier molecular flexibility index (Phi) is 54.7. The molecule has 0 aromatic heterocycles. The van der Waals surface area contributed by atoms with Crippen molar-refractivity contribution in [1.82, 2.24) is 0 Å². The Morgan fingerprint density at radius 1 is 0.242 bits per heavy atom. The van der Waals surface area contributed by atoms with Gasteiger partial charge in [0.2, 0.25) is 0 Å². The average Bonchev–Trinajstić information content (AvgIpc) is 3.31. The monoisotopic (exact) mass is 933 g/mol.